The average molecular weight is 346 g/mol. The summed E-state index contributed by atoms with van der Waals surface area (Å²) < 4.78 is 5.76. The van der Waals surface area contributed by atoms with Gasteiger partial charge in [-0.1, -0.05) is 12.1 Å². The van der Waals surface area contributed by atoms with E-state index in [1.54, 1.807) is 0 Å². The van der Waals surface area contributed by atoms with Gasteiger partial charge in [0.15, 0.2) is 0 Å². The molecule has 2 atom stereocenters. The van der Waals surface area contributed by atoms with Crippen molar-refractivity contribution in [2.75, 3.05) is 39.9 Å². The van der Waals surface area contributed by atoms with E-state index in [4.69, 9.17) is 4.74 Å². The number of ether oxygens (including phenoxy) is 1. The van der Waals surface area contributed by atoms with E-state index in [1.807, 2.05) is 43.0 Å². The normalized spacial score (nSPS) is 24.9. The Bertz CT molecular complexity index is 594. The molecule has 1 N–H and O–H groups in total. The van der Waals surface area contributed by atoms with Gasteiger partial charge in [-0.2, -0.15) is 0 Å². The molecule has 2 saturated heterocycles. The van der Waals surface area contributed by atoms with E-state index in [1.165, 1.54) is 0 Å². The molecule has 2 aliphatic heterocycles. The Morgan fingerprint density at radius 3 is 2.60 bits per heavy atom. The number of carbonyl (C=O) groups is 1. The zero-order valence-electron chi connectivity index (χ0n) is 15.6. The number of amides is 1. The van der Waals surface area contributed by atoms with Gasteiger partial charge in [0.2, 0.25) is 0 Å². The summed E-state index contributed by atoms with van der Waals surface area (Å²) in [6.07, 6.45) is 1.52. The van der Waals surface area contributed by atoms with Crippen molar-refractivity contribution in [3.63, 3.8) is 0 Å². The molecule has 0 saturated carbocycles. The Hall–Kier alpha value is -1.43. The van der Waals surface area contributed by atoms with Gasteiger partial charge >= 0.3 is 0 Å². The third-order valence-corrected chi connectivity index (χ3v) is 5.14. The highest BCUT2D eigenvalue weighted by atomic mass is 16.5. The average Bonchev–Trinajstić information content (AvgIpc) is 2.82. The summed E-state index contributed by atoms with van der Waals surface area (Å²) in [5, 5.41) is 9.85. The molecule has 0 aromatic heterocycles. The highest BCUT2D eigenvalue weighted by Crippen LogP contribution is 2.21. The molecule has 0 spiro atoms. The Kier molecular flexibility index (Phi) is 5.46. The Balaban J connectivity index is 1.70. The summed E-state index contributed by atoms with van der Waals surface area (Å²) in [7, 11) is 2.12. The molecule has 2 bridgehead atoms. The van der Waals surface area contributed by atoms with Crippen LogP contribution in [0.15, 0.2) is 24.3 Å². The zero-order valence-corrected chi connectivity index (χ0v) is 15.6. The minimum absolute atomic E-state index is 0.102. The summed E-state index contributed by atoms with van der Waals surface area (Å²) in [6.45, 7) is 7.62. The van der Waals surface area contributed by atoms with E-state index in [0.717, 1.165) is 43.8 Å². The van der Waals surface area contributed by atoms with Crippen LogP contribution < -0.4 is 0 Å². The number of hydrogen-bond acceptors (Lipinski definition) is 4. The number of nitrogens with zero attached hydrogens (tertiary/aromatic N) is 2. The van der Waals surface area contributed by atoms with Crippen LogP contribution in [0.4, 0.5) is 0 Å². The zero-order chi connectivity index (χ0) is 18.0. The van der Waals surface area contributed by atoms with Crippen LogP contribution in [0, 0.1) is 5.92 Å². The fourth-order valence-electron chi connectivity index (χ4n) is 3.76. The first-order valence-electron chi connectivity index (χ1n) is 9.20. The Morgan fingerprint density at radius 2 is 1.92 bits per heavy atom. The summed E-state index contributed by atoms with van der Waals surface area (Å²) in [5.41, 5.74) is 1.22. The standard InChI is InChI=1S/C20H30N2O3/c1-20(2,24)9-8-15-4-6-17(7-5-15)19(23)22-11-16-10-21(3)12-18(22)14-25-13-16/h4-7,16,18,24H,8-14H2,1-3H3/t16-,18-/m0/s1. The van der Waals surface area contributed by atoms with Crippen LogP contribution in [0.2, 0.25) is 0 Å². The van der Waals surface area contributed by atoms with Crippen LogP contribution in [-0.2, 0) is 11.2 Å². The summed E-state index contributed by atoms with van der Waals surface area (Å²) in [4.78, 5) is 17.4. The molecule has 0 radical (unpaired) electrons. The van der Waals surface area contributed by atoms with Crippen LogP contribution in [-0.4, -0.2) is 72.4 Å². The first-order chi connectivity index (χ1) is 11.8. The van der Waals surface area contributed by atoms with Crippen molar-refractivity contribution in [3.05, 3.63) is 35.4 Å². The molecule has 1 aromatic rings. The van der Waals surface area contributed by atoms with Crippen LogP contribution in [0.5, 0.6) is 0 Å². The first kappa shape index (κ1) is 18.4. The number of aliphatic hydroxyl groups is 1. The van der Waals surface area contributed by atoms with Crippen molar-refractivity contribution in [2.24, 2.45) is 5.92 Å². The molecule has 25 heavy (non-hydrogen) atoms. The first-order valence-corrected chi connectivity index (χ1v) is 9.20. The van der Waals surface area contributed by atoms with Crippen molar-refractivity contribution < 1.29 is 14.6 Å². The molecule has 2 heterocycles. The van der Waals surface area contributed by atoms with Crippen molar-refractivity contribution in [1.29, 1.82) is 0 Å². The van der Waals surface area contributed by atoms with E-state index in [-0.39, 0.29) is 11.9 Å². The Labute approximate surface area is 150 Å². The predicted molar refractivity (Wildman–Crippen MR) is 97.7 cm³/mol. The molecule has 138 valence electrons. The molecular formula is C20H30N2O3. The Morgan fingerprint density at radius 1 is 1.20 bits per heavy atom. The number of rotatable bonds is 4. The largest absolute Gasteiger partial charge is 0.390 e. The van der Waals surface area contributed by atoms with Crippen LogP contribution >= 0.6 is 0 Å². The van der Waals surface area contributed by atoms with Gasteiger partial charge in [-0.15, -0.1) is 0 Å². The molecule has 1 amide bonds. The summed E-state index contributed by atoms with van der Waals surface area (Å²) >= 11 is 0. The van der Waals surface area contributed by atoms with E-state index in [9.17, 15) is 9.90 Å². The van der Waals surface area contributed by atoms with Gasteiger partial charge in [0.05, 0.1) is 24.9 Å². The van der Waals surface area contributed by atoms with Gasteiger partial charge < -0.3 is 19.6 Å². The number of aryl methyl sites for hydroxylation is 1. The third-order valence-electron chi connectivity index (χ3n) is 5.14. The fraction of sp³-hybridized carbons (Fsp3) is 0.650. The maximum atomic E-state index is 13.0. The lowest BCUT2D eigenvalue weighted by atomic mass is 9.98. The number of benzene rings is 1. The van der Waals surface area contributed by atoms with Gasteiger partial charge in [0.25, 0.3) is 5.91 Å². The molecule has 5 nitrogen and oxygen atoms in total. The summed E-state index contributed by atoms with van der Waals surface area (Å²) in [5.74, 6) is 0.484. The lowest BCUT2D eigenvalue weighted by molar-refractivity contribution is 0.0483. The predicted octanol–water partition coefficient (Wildman–Crippen LogP) is 1.79. The number of carbonyl (C=O) groups excluding carboxylic acids is 1. The van der Waals surface area contributed by atoms with E-state index in [2.05, 4.69) is 11.9 Å². The van der Waals surface area contributed by atoms with Gasteiger partial charge in [-0.25, -0.2) is 0 Å². The van der Waals surface area contributed by atoms with E-state index in [0.29, 0.717) is 18.9 Å². The molecule has 2 aliphatic rings. The number of fused-ring (bicyclic) bond motifs is 3. The minimum atomic E-state index is -0.663. The highest BCUT2D eigenvalue weighted by Gasteiger charge is 2.35. The molecule has 5 heteroatoms. The topological polar surface area (TPSA) is 53.0 Å². The van der Waals surface area contributed by atoms with Crippen molar-refractivity contribution in [1.82, 2.24) is 9.80 Å². The molecule has 2 fully saturated rings. The lowest BCUT2D eigenvalue weighted by Crippen LogP contribution is -2.45. The summed E-state index contributed by atoms with van der Waals surface area (Å²) in [6, 6.07) is 7.97. The quantitative estimate of drug-likeness (QED) is 0.903. The SMILES string of the molecule is CN1C[C@@H]2COC[C@H](C1)N(C(=O)c1ccc(CCC(C)(C)O)cc1)C2. The molecule has 0 aliphatic carbocycles. The van der Waals surface area contributed by atoms with Crippen molar-refractivity contribution in [3.8, 4) is 0 Å². The van der Waals surface area contributed by atoms with Gasteiger partial charge in [0.1, 0.15) is 0 Å². The lowest BCUT2D eigenvalue weighted by Gasteiger charge is -2.29. The van der Waals surface area contributed by atoms with Crippen molar-refractivity contribution >= 4 is 5.91 Å². The second kappa shape index (κ2) is 7.44. The van der Waals surface area contributed by atoms with Gasteiger partial charge in [-0.3, -0.25) is 4.79 Å². The van der Waals surface area contributed by atoms with Gasteiger partial charge in [0, 0.05) is 31.1 Å². The van der Waals surface area contributed by atoms with Crippen LogP contribution in [0.1, 0.15) is 36.2 Å². The monoisotopic (exact) mass is 346 g/mol. The van der Waals surface area contributed by atoms with Gasteiger partial charge in [-0.05, 0) is 51.4 Å². The second-order valence-electron chi connectivity index (χ2n) is 8.25. The molecule has 3 rings (SSSR count). The molecule has 1 aromatic carbocycles. The molecular weight excluding hydrogens is 316 g/mol. The van der Waals surface area contributed by atoms with E-state index < -0.39 is 5.60 Å². The smallest absolute Gasteiger partial charge is 0.254 e. The maximum Gasteiger partial charge on any atom is 0.254 e. The number of likely N-dealkylation sites (N-methyl/N-ethyl adjacent to an activating group) is 1. The second-order valence-corrected chi connectivity index (χ2v) is 8.25. The highest BCUT2D eigenvalue weighted by molar-refractivity contribution is 5.94. The maximum absolute atomic E-state index is 13.0. The van der Waals surface area contributed by atoms with Crippen LogP contribution in [0.3, 0.4) is 0 Å². The van der Waals surface area contributed by atoms with Crippen molar-refractivity contribution in [2.45, 2.75) is 38.3 Å². The molecule has 0 unspecified atom stereocenters. The van der Waals surface area contributed by atoms with Crippen LogP contribution in [0.25, 0.3) is 0 Å². The number of hydrogen-bond donors (Lipinski definition) is 1. The van der Waals surface area contributed by atoms with E-state index >= 15 is 0 Å². The fourth-order valence-corrected chi connectivity index (χ4v) is 3.76. The minimum Gasteiger partial charge on any atom is -0.390 e. The third kappa shape index (κ3) is 4.81.